The molecule has 0 radical (unpaired) electrons. The van der Waals surface area contributed by atoms with Gasteiger partial charge in [0.15, 0.2) is 0 Å². The molecule has 2 aromatic rings. The van der Waals surface area contributed by atoms with Crippen LogP contribution in [0.25, 0.3) is 0 Å². The van der Waals surface area contributed by atoms with E-state index in [1.807, 2.05) is 45.2 Å². The molecule has 0 aliphatic heterocycles. The topological polar surface area (TPSA) is 32.3 Å². The van der Waals surface area contributed by atoms with Crippen LogP contribution in [0, 0.1) is 0 Å². The van der Waals surface area contributed by atoms with Crippen LogP contribution in [0.1, 0.15) is 56.7 Å². The Morgan fingerprint density at radius 2 is 1.68 bits per heavy atom. The lowest BCUT2D eigenvalue weighted by Gasteiger charge is -2.18. The van der Waals surface area contributed by atoms with E-state index in [0.29, 0.717) is 11.7 Å². The van der Waals surface area contributed by atoms with Crippen molar-refractivity contribution in [2.24, 2.45) is 0 Å². The lowest BCUT2D eigenvalue weighted by Crippen LogP contribution is -2.02. The highest BCUT2D eigenvalue weighted by Crippen LogP contribution is 2.35. The Bertz CT molecular complexity index is 563. The van der Waals surface area contributed by atoms with E-state index in [-0.39, 0.29) is 0 Å². The molecule has 0 aromatic heterocycles. The first kappa shape index (κ1) is 18.1. The Labute approximate surface area is 135 Å². The van der Waals surface area contributed by atoms with Crippen LogP contribution in [-0.4, -0.2) is 12.2 Å². The molecule has 2 nitrogen and oxygen atoms in total. The molecule has 1 unspecified atom stereocenters. The maximum atomic E-state index is 10.2. The third-order valence-corrected chi connectivity index (χ3v) is 3.85. The molecule has 1 atom stereocenters. The van der Waals surface area contributed by atoms with Crippen LogP contribution in [-0.2, 0) is 6.42 Å². The monoisotopic (exact) mass is 299 g/mol. The summed E-state index contributed by atoms with van der Waals surface area (Å²) in [6.45, 7) is 8.37. The van der Waals surface area contributed by atoms with Gasteiger partial charge in [0.2, 0.25) is 0 Å². The Kier molecular flexibility index (Phi) is 7.51. The van der Waals surface area contributed by atoms with E-state index in [1.54, 1.807) is 0 Å². The fraction of sp³-hybridized carbons (Fsp3) is 0.400. The summed E-state index contributed by atoms with van der Waals surface area (Å²) < 4.78 is 0. The van der Waals surface area contributed by atoms with Gasteiger partial charge in [0, 0.05) is 7.05 Å². The number of phenols is 1. The Morgan fingerprint density at radius 1 is 1.05 bits per heavy atom. The first-order chi connectivity index (χ1) is 10.7. The smallest absolute Gasteiger partial charge is 0.139 e. The van der Waals surface area contributed by atoms with Gasteiger partial charge in [0.1, 0.15) is 5.75 Å². The van der Waals surface area contributed by atoms with Crippen molar-refractivity contribution in [3.8, 4) is 5.75 Å². The van der Waals surface area contributed by atoms with Crippen molar-refractivity contribution in [1.29, 1.82) is 0 Å². The van der Waals surface area contributed by atoms with Crippen LogP contribution in [0.3, 0.4) is 0 Å². The zero-order valence-electron chi connectivity index (χ0n) is 14.5. The number of anilines is 1. The van der Waals surface area contributed by atoms with Crippen LogP contribution < -0.4 is 5.32 Å². The Hall–Kier alpha value is -1.96. The van der Waals surface area contributed by atoms with E-state index >= 15 is 0 Å². The number of hydrogen-bond donors (Lipinski definition) is 2. The summed E-state index contributed by atoms with van der Waals surface area (Å²) in [7, 11) is 1.86. The molecule has 0 saturated carbocycles. The minimum absolute atomic E-state index is 0.344. The van der Waals surface area contributed by atoms with Crippen molar-refractivity contribution in [2.45, 2.75) is 46.5 Å². The molecule has 2 N–H and O–H groups in total. The summed E-state index contributed by atoms with van der Waals surface area (Å²) in [5.41, 5.74) is 4.47. The molecule has 2 heteroatoms. The molecular formula is C20H29NO. The first-order valence-electron chi connectivity index (χ1n) is 8.23. The van der Waals surface area contributed by atoms with Gasteiger partial charge in [-0.1, -0.05) is 64.1 Å². The second-order valence-electron chi connectivity index (χ2n) is 5.30. The third-order valence-electron chi connectivity index (χ3n) is 3.85. The molecule has 0 saturated heterocycles. The van der Waals surface area contributed by atoms with Crippen molar-refractivity contribution in [3.05, 3.63) is 59.2 Å². The maximum absolute atomic E-state index is 10.2. The van der Waals surface area contributed by atoms with Crippen LogP contribution in [0.4, 0.5) is 5.69 Å². The molecule has 2 aromatic carbocycles. The fourth-order valence-electron chi connectivity index (χ4n) is 2.52. The molecule has 0 amide bonds. The van der Waals surface area contributed by atoms with Crippen LogP contribution in [0.5, 0.6) is 5.75 Å². The summed E-state index contributed by atoms with van der Waals surface area (Å²) in [6.07, 6.45) is 1.91. The number of hydrogen-bond acceptors (Lipinski definition) is 2. The molecular weight excluding hydrogens is 270 g/mol. The number of rotatable bonds is 5. The Morgan fingerprint density at radius 3 is 2.23 bits per heavy atom. The van der Waals surface area contributed by atoms with Gasteiger partial charge in [0.25, 0.3) is 0 Å². The van der Waals surface area contributed by atoms with Gasteiger partial charge in [-0.05, 0) is 41.5 Å². The maximum Gasteiger partial charge on any atom is 0.139 e. The van der Waals surface area contributed by atoms with Gasteiger partial charge in [0.05, 0.1) is 5.69 Å². The minimum atomic E-state index is 0.344. The quantitative estimate of drug-likeness (QED) is 0.708. The van der Waals surface area contributed by atoms with Crippen molar-refractivity contribution in [2.75, 3.05) is 12.4 Å². The molecule has 0 aliphatic rings. The van der Waals surface area contributed by atoms with E-state index in [1.165, 1.54) is 11.1 Å². The summed E-state index contributed by atoms with van der Waals surface area (Å²) in [5, 5.41) is 13.4. The highest BCUT2D eigenvalue weighted by molar-refractivity contribution is 5.64. The largest absolute Gasteiger partial charge is 0.506 e. The molecule has 0 spiro atoms. The fourth-order valence-corrected chi connectivity index (χ4v) is 2.52. The number of aromatic hydroxyl groups is 1. The van der Waals surface area contributed by atoms with Gasteiger partial charge >= 0.3 is 0 Å². The first-order valence-corrected chi connectivity index (χ1v) is 8.23. The van der Waals surface area contributed by atoms with Crippen LogP contribution in [0.15, 0.2) is 42.5 Å². The van der Waals surface area contributed by atoms with Crippen LogP contribution in [0.2, 0.25) is 0 Å². The molecule has 0 fully saturated rings. The zero-order chi connectivity index (χ0) is 16.5. The second kappa shape index (κ2) is 9.14. The molecule has 22 heavy (non-hydrogen) atoms. The van der Waals surface area contributed by atoms with E-state index in [9.17, 15) is 5.11 Å². The average Bonchev–Trinajstić information content (AvgIpc) is 2.56. The Balaban J connectivity index is 0.00000116. The van der Waals surface area contributed by atoms with Gasteiger partial charge < -0.3 is 10.4 Å². The highest BCUT2D eigenvalue weighted by Gasteiger charge is 2.14. The van der Waals surface area contributed by atoms with Gasteiger partial charge in [-0.15, -0.1) is 0 Å². The molecule has 2 rings (SSSR count). The normalized spacial score (nSPS) is 11.3. The van der Waals surface area contributed by atoms with Crippen LogP contribution >= 0.6 is 0 Å². The highest BCUT2D eigenvalue weighted by atomic mass is 16.3. The van der Waals surface area contributed by atoms with Crippen molar-refractivity contribution in [1.82, 2.24) is 0 Å². The molecule has 0 heterocycles. The summed E-state index contributed by atoms with van der Waals surface area (Å²) in [5.74, 6) is 0.773. The third kappa shape index (κ3) is 4.52. The predicted octanol–water partition coefficient (Wildman–Crippen LogP) is 5.56. The van der Waals surface area contributed by atoms with E-state index in [2.05, 4.69) is 37.4 Å². The minimum Gasteiger partial charge on any atom is -0.506 e. The van der Waals surface area contributed by atoms with Gasteiger partial charge in [-0.3, -0.25) is 0 Å². The zero-order valence-corrected chi connectivity index (χ0v) is 14.5. The van der Waals surface area contributed by atoms with Crippen molar-refractivity contribution in [3.63, 3.8) is 0 Å². The standard InChI is InChI=1S/C18H23NO.C2H6/c1-4-13(2)16-11-15(12-17(20)18(16)19-3)10-14-8-6-5-7-9-14;1-2/h5-9,11-13,19-20H,4,10H2,1-3H3;1-2H3. The lowest BCUT2D eigenvalue weighted by molar-refractivity contribution is 0.475. The number of benzene rings is 2. The summed E-state index contributed by atoms with van der Waals surface area (Å²) in [4.78, 5) is 0. The predicted molar refractivity (Wildman–Crippen MR) is 97.0 cm³/mol. The van der Waals surface area contributed by atoms with E-state index < -0.39 is 0 Å². The lowest BCUT2D eigenvalue weighted by atomic mass is 9.92. The molecule has 0 aliphatic carbocycles. The summed E-state index contributed by atoms with van der Waals surface area (Å²) in [6, 6.07) is 14.4. The second-order valence-corrected chi connectivity index (χ2v) is 5.30. The van der Waals surface area contributed by atoms with E-state index in [4.69, 9.17) is 0 Å². The molecule has 0 bridgehead atoms. The van der Waals surface area contributed by atoms with Gasteiger partial charge in [-0.2, -0.15) is 0 Å². The van der Waals surface area contributed by atoms with Crippen molar-refractivity contribution >= 4 is 5.69 Å². The number of nitrogens with one attached hydrogen (secondary N) is 1. The van der Waals surface area contributed by atoms with E-state index in [0.717, 1.165) is 24.1 Å². The SMILES string of the molecule is CC.CCC(C)c1cc(Cc2ccccc2)cc(O)c1NC. The van der Waals surface area contributed by atoms with Gasteiger partial charge in [-0.25, -0.2) is 0 Å². The summed E-state index contributed by atoms with van der Waals surface area (Å²) >= 11 is 0. The number of phenolic OH excluding ortho intramolecular Hbond substituents is 1. The molecule has 120 valence electrons. The van der Waals surface area contributed by atoms with Crippen molar-refractivity contribution < 1.29 is 5.11 Å². The average molecular weight is 299 g/mol.